The Morgan fingerprint density at radius 2 is 2.00 bits per heavy atom. The number of pyridine rings is 1. The highest BCUT2D eigenvalue weighted by Crippen LogP contribution is 2.35. The number of benzene rings is 1. The number of rotatable bonds is 2. The van der Waals surface area contributed by atoms with Crippen LogP contribution in [-0.2, 0) is 6.18 Å². The molecule has 0 unspecified atom stereocenters. The van der Waals surface area contributed by atoms with Crippen LogP contribution < -0.4 is 16.0 Å². The first-order valence-electron chi connectivity index (χ1n) is 4.98. The molecular formula is C11H10F3N3O. The second-order valence-electron chi connectivity index (χ2n) is 3.59. The molecule has 96 valence electrons. The summed E-state index contributed by atoms with van der Waals surface area (Å²) in [6, 6.07) is 5.88. The van der Waals surface area contributed by atoms with E-state index in [4.69, 9.17) is 10.6 Å². The minimum atomic E-state index is -4.56. The second-order valence-corrected chi connectivity index (χ2v) is 3.59. The molecular weight excluding hydrogens is 247 g/mol. The standard InChI is InChI=1S/C11H10F3N3O/c1-18-7-2-3-8-6(4-7)5-9(17-15)10(16-8)11(12,13)14/h2-5,17H,15H2,1H3. The number of alkyl halides is 3. The lowest BCUT2D eigenvalue weighted by molar-refractivity contribution is -0.140. The lowest BCUT2D eigenvalue weighted by Gasteiger charge is -2.12. The molecule has 0 spiro atoms. The molecule has 0 aliphatic carbocycles. The lowest BCUT2D eigenvalue weighted by Crippen LogP contribution is -2.16. The number of nitrogens with two attached hydrogens (primary N) is 1. The van der Waals surface area contributed by atoms with Crippen molar-refractivity contribution in [2.75, 3.05) is 12.5 Å². The summed E-state index contributed by atoms with van der Waals surface area (Å²) < 4.78 is 43.2. The molecule has 0 amide bonds. The molecule has 0 fully saturated rings. The van der Waals surface area contributed by atoms with Gasteiger partial charge in [0, 0.05) is 5.39 Å². The van der Waals surface area contributed by atoms with E-state index < -0.39 is 11.9 Å². The maximum atomic E-state index is 12.7. The van der Waals surface area contributed by atoms with E-state index in [1.807, 2.05) is 5.43 Å². The van der Waals surface area contributed by atoms with Crippen LogP contribution in [0.25, 0.3) is 10.9 Å². The number of halogens is 3. The smallest absolute Gasteiger partial charge is 0.435 e. The van der Waals surface area contributed by atoms with Crippen LogP contribution in [0, 0.1) is 0 Å². The fraction of sp³-hybridized carbons (Fsp3) is 0.182. The van der Waals surface area contributed by atoms with E-state index in [0.717, 1.165) is 0 Å². The zero-order valence-corrected chi connectivity index (χ0v) is 9.38. The number of hydrogen-bond donors (Lipinski definition) is 2. The summed E-state index contributed by atoms with van der Waals surface area (Å²) in [6.45, 7) is 0. The minimum absolute atomic E-state index is 0.224. The van der Waals surface area contributed by atoms with Crippen molar-refractivity contribution in [2.24, 2.45) is 5.84 Å². The Hall–Kier alpha value is -2.02. The van der Waals surface area contributed by atoms with Crippen LogP contribution in [0.15, 0.2) is 24.3 Å². The molecule has 0 bridgehead atoms. The van der Waals surface area contributed by atoms with E-state index in [-0.39, 0.29) is 11.2 Å². The second kappa shape index (κ2) is 4.34. The molecule has 0 aliphatic rings. The monoisotopic (exact) mass is 257 g/mol. The molecule has 0 radical (unpaired) electrons. The first-order valence-corrected chi connectivity index (χ1v) is 4.98. The van der Waals surface area contributed by atoms with Gasteiger partial charge in [-0.05, 0) is 24.3 Å². The average Bonchev–Trinajstić information content (AvgIpc) is 2.35. The van der Waals surface area contributed by atoms with Crippen LogP contribution in [0.2, 0.25) is 0 Å². The molecule has 2 rings (SSSR count). The van der Waals surface area contributed by atoms with Crippen LogP contribution in [-0.4, -0.2) is 12.1 Å². The number of hydrogen-bond acceptors (Lipinski definition) is 4. The Kier molecular flexibility index (Phi) is 3.00. The molecule has 0 atom stereocenters. The molecule has 4 nitrogen and oxygen atoms in total. The summed E-state index contributed by atoms with van der Waals surface area (Å²) in [7, 11) is 1.47. The van der Waals surface area contributed by atoms with Crippen molar-refractivity contribution in [1.82, 2.24) is 4.98 Å². The lowest BCUT2D eigenvalue weighted by atomic mass is 10.1. The molecule has 2 aromatic rings. The third-order valence-electron chi connectivity index (χ3n) is 2.45. The van der Waals surface area contributed by atoms with Crippen LogP contribution in [0.1, 0.15) is 5.69 Å². The molecule has 7 heteroatoms. The summed E-state index contributed by atoms with van der Waals surface area (Å²) in [4.78, 5) is 3.57. The summed E-state index contributed by atoms with van der Waals surface area (Å²) in [5.74, 6) is 5.62. The first-order chi connectivity index (χ1) is 8.45. The molecule has 1 aromatic heterocycles. The zero-order valence-electron chi connectivity index (χ0n) is 9.38. The fourth-order valence-corrected chi connectivity index (χ4v) is 1.61. The quantitative estimate of drug-likeness (QED) is 0.641. The molecule has 18 heavy (non-hydrogen) atoms. The number of aromatic nitrogens is 1. The Labute approximate surface area is 101 Å². The topological polar surface area (TPSA) is 60.2 Å². The van der Waals surface area contributed by atoms with Crippen LogP contribution in [0.4, 0.5) is 18.9 Å². The number of nitrogens with one attached hydrogen (secondary N) is 1. The predicted octanol–water partition coefficient (Wildman–Crippen LogP) is 2.55. The van der Waals surface area contributed by atoms with E-state index in [1.54, 1.807) is 12.1 Å². The van der Waals surface area contributed by atoms with Crippen molar-refractivity contribution in [2.45, 2.75) is 6.18 Å². The molecule has 0 saturated heterocycles. The number of hydrazine groups is 1. The van der Waals surface area contributed by atoms with Gasteiger partial charge in [0.05, 0.1) is 18.3 Å². The minimum Gasteiger partial charge on any atom is -0.497 e. The van der Waals surface area contributed by atoms with Crippen molar-refractivity contribution >= 4 is 16.6 Å². The van der Waals surface area contributed by atoms with Gasteiger partial charge >= 0.3 is 6.18 Å². The number of ether oxygens (including phenoxy) is 1. The Balaban J connectivity index is 2.68. The molecule has 1 heterocycles. The van der Waals surface area contributed by atoms with Gasteiger partial charge in [-0.15, -0.1) is 0 Å². The number of anilines is 1. The van der Waals surface area contributed by atoms with Gasteiger partial charge < -0.3 is 10.2 Å². The van der Waals surface area contributed by atoms with Crippen molar-refractivity contribution in [3.05, 3.63) is 30.0 Å². The summed E-state index contributed by atoms with van der Waals surface area (Å²) in [6.07, 6.45) is -4.56. The largest absolute Gasteiger partial charge is 0.497 e. The highest BCUT2D eigenvalue weighted by Gasteiger charge is 2.35. The average molecular weight is 257 g/mol. The van der Waals surface area contributed by atoms with Gasteiger partial charge in [-0.3, -0.25) is 5.84 Å². The normalized spacial score (nSPS) is 11.6. The Morgan fingerprint density at radius 3 is 2.56 bits per heavy atom. The van der Waals surface area contributed by atoms with Crippen molar-refractivity contribution in [1.29, 1.82) is 0 Å². The molecule has 0 saturated carbocycles. The van der Waals surface area contributed by atoms with E-state index in [9.17, 15) is 13.2 Å². The molecule has 1 aromatic carbocycles. The van der Waals surface area contributed by atoms with Crippen LogP contribution in [0.3, 0.4) is 0 Å². The van der Waals surface area contributed by atoms with Crippen molar-refractivity contribution < 1.29 is 17.9 Å². The number of nitrogen functional groups attached to an aromatic ring is 1. The van der Waals surface area contributed by atoms with E-state index in [0.29, 0.717) is 11.1 Å². The molecule has 0 aliphatic heterocycles. The SMILES string of the molecule is COc1ccc2nc(C(F)(F)F)c(NN)cc2c1. The van der Waals surface area contributed by atoms with Crippen LogP contribution >= 0.6 is 0 Å². The van der Waals surface area contributed by atoms with E-state index in [2.05, 4.69) is 4.98 Å². The van der Waals surface area contributed by atoms with Crippen molar-refractivity contribution in [3.63, 3.8) is 0 Å². The number of methoxy groups -OCH3 is 1. The zero-order chi connectivity index (χ0) is 13.3. The highest BCUT2D eigenvalue weighted by atomic mass is 19.4. The summed E-state index contributed by atoms with van der Waals surface area (Å²) in [5.41, 5.74) is 0.919. The van der Waals surface area contributed by atoms with Gasteiger partial charge in [0.1, 0.15) is 5.75 Å². The van der Waals surface area contributed by atoms with Gasteiger partial charge in [-0.25, -0.2) is 4.98 Å². The first kappa shape index (κ1) is 12.4. The predicted molar refractivity (Wildman–Crippen MR) is 61.1 cm³/mol. The fourth-order valence-electron chi connectivity index (χ4n) is 1.61. The Morgan fingerprint density at radius 1 is 1.28 bits per heavy atom. The molecule has 3 N–H and O–H groups in total. The Bertz CT molecular complexity index is 583. The van der Waals surface area contributed by atoms with E-state index >= 15 is 0 Å². The van der Waals surface area contributed by atoms with Gasteiger partial charge in [-0.1, -0.05) is 0 Å². The third kappa shape index (κ3) is 2.17. The summed E-state index contributed by atoms with van der Waals surface area (Å²) in [5, 5.41) is 0.510. The van der Waals surface area contributed by atoms with Crippen molar-refractivity contribution in [3.8, 4) is 5.75 Å². The van der Waals surface area contributed by atoms with E-state index in [1.165, 1.54) is 19.2 Å². The van der Waals surface area contributed by atoms with Gasteiger partial charge in [-0.2, -0.15) is 13.2 Å². The maximum Gasteiger partial charge on any atom is 0.435 e. The highest BCUT2D eigenvalue weighted by molar-refractivity contribution is 5.84. The maximum absolute atomic E-state index is 12.7. The summed E-state index contributed by atoms with van der Waals surface area (Å²) >= 11 is 0. The van der Waals surface area contributed by atoms with Gasteiger partial charge in [0.25, 0.3) is 0 Å². The number of fused-ring (bicyclic) bond motifs is 1. The third-order valence-corrected chi connectivity index (χ3v) is 2.45. The number of nitrogens with zero attached hydrogens (tertiary/aromatic N) is 1. The van der Waals surface area contributed by atoms with Gasteiger partial charge in [0.15, 0.2) is 5.69 Å². The van der Waals surface area contributed by atoms with Crippen LogP contribution in [0.5, 0.6) is 5.75 Å². The van der Waals surface area contributed by atoms with Gasteiger partial charge in [0.2, 0.25) is 0 Å².